The van der Waals surface area contributed by atoms with Gasteiger partial charge < -0.3 is 14.2 Å². The molecule has 1 atom stereocenters. The molecule has 4 aromatic rings. The smallest absolute Gasteiger partial charge is 0.340 e. The summed E-state index contributed by atoms with van der Waals surface area (Å²) >= 11 is 0. The maximum atomic E-state index is 13.4. The lowest BCUT2D eigenvalue weighted by atomic mass is 9.77. The first-order valence-corrected chi connectivity index (χ1v) is 13.2. The Bertz CT molecular complexity index is 1430. The van der Waals surface area contributed by atoms with E-state index in [4.69, 9.17) is 4.74 Å². The molecule has 1 unspecified atom stereocenters. The number of cyclic esters (lactones) is 1. The fraction of sp³-hybridized carbons (Fsp3) is 0.344. The molecule has 1 aliphatic heterocycles. The van der Waals surface area contributed by atoms with E-state index in [-0.39, 0.29) is 5.97 Å². The van der Waals surface area contributed by atoms with Gasteiger partial charge in [0.05, 0.1) is 5.56 Å². The van der Waals surface area contributed by atoms with Crippen molar-refractivity contribution in [2.24, 2.45) is 0 Å². The summed E-state index contributed by atoms with van der Waals surface area (Å²) in [5.41, 5.74) is 7.29. The monoisotopic (exact) mass is 480 g/mol. The summed E-state index contributed by atoms with van der Waals surface area (Å²) in [6.45, 7) is 13.8. The normalized spacial score (nSPS) is 16.9. The van der Waals surface area contributed by atoms with Crippen molar-refractivity contribution in [1.29, 1.82) is 0 Å². The van der Waals surface area contributed by atoms with Crippen molar-refractivity contribution in [3.63, 3.8) is 0 Å². The van der Waals surface area contributed by atoms with Gasteiger partial charge in [0, 0.05) is 58.6 Å². The van der Waals surface area contributed by atoms with Crippen LogP contribution in [0.5, 0.6) is 0 Å². The van der Waals surface area contributed by atoms with Gasteiger partial charge in [-0.15, -0.1) is 0 Å². The highest BCUT2D eigenvalue weighted by atomic mass is 16.6. The topological polar surface area (TPSA) is 34.5 Å². The predicted molar refractivity (Wildman–Crippen MR) is 148 cm³/mol. The van der Waals surface area contributed by atoms with E-state index in [0.717, 1.165) is 53.0 Å². The van der Waals surface area contributed by atoms with Crippen LogP contribution in [0.3, 0.4) is 0 Å². The Morgan fingerprint density at radius 1 is 0.917 bits per heavy atom. The van der Waals surface area contributed by atoms with Gasteiger partial charge in [-0.05, 0) is 63.9 Å². The number of unbranched alkanes of at least 4 members (excludes halogenated alkanes) is 1. The number of hydrogen-bond acceptors (Lipinski definition) is 3. The van der Waals surface area contributed by atoms with Crippen molar-refractivity contribution in [3.8, 4) is 0 Å². The SMILES string of the molecule is CCCCN(CC)c1ccc(C2(c3c(C)n(CC)c4ccccc34)OC(=O)c3ccccc32)c(C)c1. The minimum atomic E-state index is -0.999. The van der Waals surface area contributed by atoms with Gasteiger partial charge in [0.15, 0.2) is 5.60 Å². The van der Waals surface area contributed by atoms with E-state index < -0.39 is 5.60 Å². The Kier molecular flexibility index (Phi) is 6.38. The van der Waals surface area contributed by atoms with Gasteiger partial charge in [-0.25, -0.2) is 4.79 Å². The van der Waals surface area contributed by atoms with Crippen molar-refractivity contribution in [2.45, 2.75) is 59.6 Å². The van der Waals surface area contributed by atoms with Crippen molar-refractivity contribution < 1.29 is 9.53 Å². The third-order valence-corrected chi connectivity index (χ3v) is 7.79. The first kappa shape index (κ1) is 24.2. The van der Waals surface area contributed by atoms with E-state index in [1.807, 2.05) is 18.2 Å². The highest BCUT2D eigenvalue weighted by molar-refractivity contribution is 5.99. The van der Waals surface area contributed by atoms with Gasteiger partial charge in [-0.2, -0.15) is 0 Å². The van der Waals surface area contributed by atoms with Crippen LogP contribution in [0.25, 0.3) is 10.9 Å². The second-order valence-electron chi connectivity index (χ2n) is 9.77. The van der Waals surface area contributed by atoms with Crippen LogP contribution in [-0.2, 0) is 16.9 Å². The molecule has 0 radical (unpaired) electrons. The number of aromatic nitrogens is 1. The van der Waals surface area contributed by atoms with Crippen LogP contribution in [0.1, 0.15) is 71.9 Å². The van der Waals surface area contributed by atoms with E-state index >= 15 is 0 Å². The van der Waals surface area contributed by atoms with Gasteiger partial charge in [0.1, 0.15) is 0 Å². The molecule has 0 amide bonds. The van der Waals surface area contributed by atoms with E-state index in [1.165, 1.54) is 24.0 Å². The Morgan fingerprint density at radius 3 is 2.39 bits per heavy atom. The predicted octanol–water partition coefficient (Wildman–Crippen LogP) is 7.37. The quantitative estimate of drug-likeness (QED) is 0.247. The van der Waals surface area contributed by atoms with Crippen LogP contribution in [0, 0.1) is 13.8 Å². The number of carbonyl (C=O) groups is 1. The maximum Gasteiger partial charge on any atom is 0.340 e. The van der Waals surface area contributed by atoms with Gasteiger partial charge in [0.2, 0.25) is 0 Å². The molecule has 0 spiro atoms. The lowest BCUT2D eigenvalue weighted by Crippen LogP contribution is -2.32. The summed E-state index contributed by atoms with van der Waals surface area (Å²) in [5, 5.41) is 1.13. The number of nitrogens with zero attached hydrogens (tertiary/aromatic N) is 2. The van der Waals surface area contributed by atoms with Crippen molar-refractivity contribution in [3.05, 3.63) is 100 Å². The minimum absolute atomic E-state index is 0.264. The number of ether oxygens (including phenoxy) is 1. The number of benzene rings is 3. The summed E-state index contributed by atoms with van der Waals surface area (Å²) < 4.78 is 8.87. The molecule has 2 heterocycles. The molecule has 4 heteroatoms. The van der Waals surface area contributed by atoms with E-state index in [0.29, 0.717) is 5.56 Å². The molecule has 36 heavy (non-hydrogen) atoms. The molecule has 0 fully saturated rings. The lowest BCUT2D eigenvalue weighted by molar-refractivity contribution is 0.0252. The van der Waals surface area contributed by atoms with Crippen molar-refractivity contribution in [2.75, 3.05) is 18.0 Å². The Morgan fingerprint density at radius 2 is 1.67 bits per heavy atom. The van der Waals surface area contributed by atoms with Crippen LogP contribution >= 0.6 is 0 Å². The van der Waals surface area contributed by atoms with Crippen LogP contribution in [-0.4, -0.2) is 23.6 Å². The standard InChI is InChI=1S/C32H36N2O2/c1-6-9-20-33(7-2)24-18-19-27(22(4)21-24)32(28-16-12-10-14-25(28)31(35)36-32)30-23(5)34(8-3)29-17-13-11-15-26(29)30/h10-19,21H,6-9,20H2,1-5H3. The van der Waals surface area contributed by atoms with E-state index in [9.17, 15) is 4.79 Å². The molecule has 0 saturated heterocycles. The maximum absolute atomic E-state index is 13.4. The van der Waals surface area contributed by atoms with E-state index in [1.54, 1.807) is 0 Å². The first-order valence-electron chi connectivity index (χ1n) is 13.2. The van der Waals surface area contributed by atoms with Crippen LogP contribution in [0.2, 0.25) is 0 Å². The molecule has 0 N–H and O–H groups in total. The molecular weight excluding hydrogens is 444 g/mol. The molecule has 1 aromatic heterocycles. The van der Waals surface area contributed by atoms with Gasteiger partial charge >= 0.3 is 5.97 Å². The largest absolute Gasteiger partial charge is 0.440 e. The van der Waals surface area contributed by atoms with Gasteiger partial charge in [0.25, 0.3) is 0 Å². The van der Waals surface area contributed by atoms with Gasteiger partial charge in [-0.1, -0.05) is 55.8 Å². The Hall–Kier alpha value is -3.53. The molecular formula is C32H36N2O2. The first-order chi connectivity index (χ1) is 17.5. The lowest BCUT2D eigenvalue weighted by Gasteiger charge is -2.33. The fourth-order valence-corrected chi connectivity index (χ4v) is 6.08. The molecule has 1 aliphatic rings. The molecule has 0 saturated carbocycles. The highest BCUT2D eigenvalue weighted by Gasteiger charge is 2.51. The Balaban J connectivity index is 1.81. The average Bonchev–Trinajstić information content (AvgIpc) is 3.35. The zero-order chi connectivity index (χ0) is 25.4. The number of rotatable bonds is 8. The highest BCUT2D eigenvalue weighted by Crippen LogP contribution is 2.51. The summed E-state index contributed by atoms with van der Waals surface area (Å²) in [6, 6.07) is 23.0. The number of anilines is 1. The summed E-state index contributed by atoms with van der Waals surface area (Å²) in [5.74, 6) is -0.264. The third-order valence-electron chi connectivity index (χ3n) is 7.79. The van der Waals surface area contributed by atoms with Crippen LogP contribution in [0.4, 0.5) is 5.69 Å². The van der Waals surface area contributed by atoms with Crippen molar-refractivity contribution >= 4 is 22.6 Å². The minimum Gasteiger partial charge on any atom is -0.440 e. The second kappa shape index (κ2) is 9.50. The number of para-hydroxylation sites is 1. The summed E-state index contributed by atoms with van der Waals surface area (Å²) in [4.78, 5) is 15.8. The average molecular weight is 481 g/mol. The molecule has 186 valence electrons. The molecule has 5 rings (SSSR count). The van der Waals surface area contributed by atoms with Crippen molar-refractivity contribution in [1.82, 2.24) is 4.57 Å². The number of hydrogen-bond donors (Lipinski definition) is 0. The third kappa shape index (κ3) is 3.54. The second-order valence-corrected chi connectivity index (χ2v) is 9.77. The zero-order valence-electron chi connectivity index (χ0n) is 22.1. The van der Waals surface area contributed by atoms with Crippen LogP contribution in [0.15, 0.2) is 66.7 Å². The molecule has 0 aliphatic carbocycles. The number of esters is 1. The summed E-state index contributed by atoms with van der Waals surface area (Å²) in [7, 11) is 0. The zero-order valence-corrected chi connectivity index (χ0v) is 22.1. The number of aryl methyl sites for hydroxylation is 2. The Labute approximate surface area is 214 Å². The van der Waals surface area contributed by atoms with Crippen LogP contribution < -0.4 is 4.90 Å². The fourth-order valence-electron chi connectivity index (χ4n) is 6.08. The summed E-state index contributed by atoms with van der Waals surface area (Å²) in [6.07, 6.45) is 2.34. The number of fused-ring (bicyclic) bond motifs is 2. The number of carbonyl (C=O) groups excluding carboxylic acids is 1. The molecule has 3 aromatic carbocycles. The molecule has 0 bridgehead atoms. The molecule has 4 nitrogen and oxygen atoms in total. The van der Waals surface area contributed by atoms with E-state index in [2.05, 4.69) is 92.6 Å². The van der Waals surface area contributed by atoms with Gasteiger partial charge in [-0.3, -0.25) is 0 Å².